The van der Waals surface area contributed by atoms with Crippen molar-refractivity contribution in [2.45, 2.75) is 31.6 Å². The lowest BCUT2D eigenvalue weighted by Gasteiger charge is -2.31. The molecule has 1 aliphatic carbocycles. The van der Waals surface area contributed by atoms with Gasteiger partial charge >= 0.3 is 12.4 Å². The number of benzene rings is 10. The van der Waals surface area contributed by atoms with E-state index in [9.17, 15) is 26.3 Å². The molecule has 332 valence electrons. The first kappa shape index (κ1) is 41.8. The van der Waals surface area contributed by atoms with E-state index in [0.29, 0.717) is 22.1 Å². The monoisotopic (exact) mass is 920 g/mol. The Morgan fingerprint density at radius 1 is 0.426 bits per heavy atom. The smallest absolute Gasteiger partial charge is 0.310 e. The van der Waals surface area contributed by atoms with Gasteiger partial charge in [0.2, 0.25) is 0 Å². The SMILES string of the molecule is CC1(C)c2cc3c(sc4cc(N(c5ccccc5)c5ccc(C(F)(F)F)c6ccccc56)ccc43)c(N(c3ccccc3)c3ccc(C(F)(F)F)c4ccccc34)c2-c2ccc3ccccc3c21. The van der Waals surface area contributed by atoms with Gasteiger partial charge in [-0.25, -0.2) is 0 Å². The summed E-state index contributed by atoms with van der Waals surface area (Å²) >= 11 is 1.60. The van der Waals surface area contributed by atoms with E-state index in [0.717, 1.165) is 76.5 Å². The van der Waals surface area contributed by atoms with Crippen LogP contribution in [0.25, 0.3) is 63.6 Å². The van der Waals surface area contributed by atoms with Crippen LogP contribution < -0.4 is 9.80 Å². The molecule has 0 fully saturated rings. The molecule has 9 heteroatoms. The summed E-state index contributed by atoms with van der Waals surface area (Å²) in [6, 6.07) is 59.5. The van der Waals surface area contributed by atoms with Gasteiger partial charge < -0.3 is 9.80 Å². The normalized spacial score (nSPS) is 13.4. The predicted octanol–water partition coefficient (Wildman–Crippen LogP) is 18.8. The van der Waals surface area contributed by atoms with Crippen molar-refractivity contribution in [1.82, 2.24) is 0 Å². The molecule has 0 saturated heterocycles. The van der Waals surface area contributed by atoms with Gasteiger partial charge in [-0.15, -0.1) is 11.3 Å². The van der Waals surface area contributed by atoms with Crippen LogP contribution in [0, 0.1) is 0 Å². The third kappa shape index (κ3) is 6.39. The average Bonchev–Trinajstić information content (AvgIpc) is 3.82. The average molecular weight is 921 g/mol. The van der Waals surface area contributed by atoms with Gasteiger partial charge in [0.05, 0.1) is 32.9 Å². The van der Waals surface area contributed by atoms with Gasteiger partial charge in [0.25, 0.3) is 0 Å². The zero-order valence-electron chi connectivity index (χ0n) is 36.5. The van der Waals surface area contributed by atoms with E-state index in [1.165, 1.54) is 17.7 Å². The summed E-state index contributed by atoms with van der Waals surface area (Å²) in [5, 5.41) is 5.34. The summed E-state index contributed by atoms with van der Waals surface area (Å²) < 4.78 is 89.5. The summed E-state index contributed by atoms with van der Waals surface area (Å²) in [7, 11) is 0. The van der Waals surface area contributed by atoms with Gasteiger partial charge in [0.1, 0.15) is 0 Å². The molecule has 68 heavy (non-hydrogen) atoms. The maximum Gasteiger partial charge on any atom is 0.417 e. The van der Waals surface area contributed by atoms with Crippen molar-refractivity contribution < 1.29 is 26.3 Å². The molecule has 0 radical (unpaired) electrons. The number of hydrogen-bond donors (Lipinski definition) is 0. The second kappa shape index (κ2) is 15.2. The number of para-hydroxylation sites is 2. The molecular formula is C59H38F6N2S. The molecule has 1 aliphatic rings. The Morgan fingerprint density at radius 3 is 1.53 bits per heavy atom. The Morgan fingerprint density at radius 2 is 0.941 bits per heavy atom. The number of fused-ring (bicyclic) bond motifs is 10. The Bertz CT molecular complexity index is 3820. The number of halogens is 6. The van der Waals surface area contributed by atoms with Gasteiger partial charge in [-0.2, -0.15) is 26.3 Å². The van der Waals surface area contributed by atoms with Crippen molar-refractivity contribution in [3.8, 4) is 11.1 Å². The van der Waals surface area contributed by atoms with Crippen LogP contribution in [0.1, 0.15) is 36.1 Å². The third-order valence-electron chi connectivity index (χ3n) is 13.6. The van der Waals surface area contributed by atoms with Crippen LogP contribution in [0.5, 0.6) is 0 Å². The number of anilines is 6. The third-order valence-corrected chi connectivity index (χ3v) is 14.8. The first-order valence-corrected chi connectivity index (χ1v) is 23.1. The molecule has 2 nitrogen and oxygen atoms in total. The zero-order valence-corrected chi connectivity index (χ0v) is 37.4. The minimum Gasteiger partial charge on any atom is -0.310 e. The highest BCUT2D eigenvalue weighted by Crippen LogP contribution is 2.61. The first-order chi connectivity index (χ1) is 32.8. The van der Waals surface area contributed by atoms with E-state index in [1.807, 2.05) is 77.7 Å². The van der Waals surface area contributed by atoms with Crippen LogP contribution in [0.4, 0.5) is 60.5 Å². The second-order valence-corrected chi connectivity index (χ2v) is 18.9. The predicted molar refractivity (Wildman–Crippen MR) is 269 cm³/mol. The highest BCUT2D eigenvalue weighted by molar-refractivity contribution is 7.26. The molecule has 0 atom stereocenters. The van der Waals surface area contributed by atoms with Gasteiger partial charge in [-0.1, -0.05) is 141 Å². The lowest BCUT2D eigenvalue weighted by Crippen LogP contribution is -2.17. The van der Waals surface area contributed by atoms with E-state index in [1.54, 1.807) is 65.9 Å². The summed E-state index contributed by atoms with van der Waals surface area (Å²) in [6.45, 7) is 4.50. The molecule has 0 spiro atoms. The molecular weight excluding hydrogens is 883 g/mol. The van der Waals surface area contributed by atoms with Crippen molar-refractivity contribution >= 4 is 98.0 Å². The fourth-order valence-corrected chi connectivity index (χ4v) is 12.0. The molecule has 0 amide bonds. The van der Waals surface area contributed by atoms with E-state index >= 15 is 0 Å². The second-order valence-electron chi connectivity index (χ2n) is 17.8. The summed E-state index contributed by atoms with van der Waals surface area (Å²) in [5.41, 5.74) is 6.78. The molecule has 0 N–H and O–H groups in total. The fraction of sp³-hybridized carbons (Fsp3) is 0.0847. The number of alkyl halides is 6. The van der Waals surface area contributed by atoms with E-state index in [2.05, 4.69) is 67.3 Å². The van der Waals surface area contributed by atoms with E-state index in [-0.39, 0.29) is 10.8 Å². The lowest BCUT2D eigenvalue weighted by molar-refractivity contribution is -0.137. The number of rotatable bonds is 6. The highest BCUT2D eigenvalue weighted by Gasteiger charge is 2.42. The summed E-state index contributed by atoms with van der Waals surface area (Å²) in [5.74, 6) is 0. The molecule has 0 saturated carbocycles. The van der Waals surface area contributed by atoms with Crippen molar-refractivity contribution in [2.24, 2.45) is 0 Å². The molecule has 12 rings (SSSR count). The zero-order chi connectivity index (χ0) is 46.7. The van der Waals surface area contributed by atoms with Crippen LogP contribution >= 0.6 is 11.3 Å². The van der Waals surface area contributed by atoms with Crippen molar-refractivity contribution in [1.29, 1.82) is 0 Å². The van der Waals surface area contributed by atoms with Crippen LogP contribution in [0.3, 0.4) is 0 Å². The number of hydrogen-bond acceptors (Lipinski definition) is 3. The van der Waals surface area contributed by atoms with Crippen molar-refractivity contribution in [3.63, 3.8) is 0 Å². The van der Waals surface area contributed by atoms with Gasteiger partial charge in [0, 0.05) is 54.3 Å². The summed E-state index contributed by atoms with van der Waals surface area (Å²) in [4.78, 5) is 4.15. The maximum atomic E-state index is 14.8. The van der Waals surface area contributed by atoms with E-state index < -0.39 is 28.9 Å². The minimum absolute atomic E-state index is 0.103. The van der Waals surface area contributed by atoms with Crippen LogP contribution in [0.15, 0.2) is 194 Å². The Hall–Kier alpha value is -7.62. The lowest BCUT2D eigenvalue weighted by atomic mass is 9.80. The maximum absolute atomic E-state index is 14.8. The van der Waals surface area contributed by atoms with Gasteiger partial charge in [-0.05, 0) is 105 Å². The molecule has 10 aromatic carbocycles. The topological polar surface area (TPSA) is 6.48 Å². The number of nitrogens with zero attached hydrogens (tertiary/aromatic N) is 2. The van der Waals surface area contributed by atoms with E-state index in [4.69, 9.17) is 0 Å². The molecule has 1 heterocycles. The largest absolute Gasteiger partial charge is 0.417 e. The van der Waals surface area contributed by atoms with Crippen LogP contribution in [-0.2, 0) is 17.8 Å². The number of thiophene rings is 1. The fourth-order valence-electron chi connectivity index (χ4n) is 10.7. The quantitative estimate of drug-likeness (QED) is 0.153. The molecule has 0 bridgehead atoms. The van der Waals surface area contributed by atoms with Crippen molar-refractivity contribution in [2.75, 3.05) is 9.80 Å². The van der Waals surface area contributed by atoms with Crippen LogP contribution in [0.2, 0.25) is 0 Å². The molecule has 1 aromatic heterocycles. The minimum atomic E-state index is -4.58. The van der Waals surface area contributed by atoms with Crippen LogP contribution in [-0.4, -0.2) is 0 Å². The van der Waals surface area contributed by atoms with Gasteiger partial charge in [-0.3, -0.25) is 0 Å². The van der Waals surface area contributed by atoms with Crippen molar-refractivity contribution in [3.05, 3.63) is 216 Å². The summed E-state index contributed by atoms with van der Waals surface area (Å²) in [6.07, 6.45) is -9.13. The standard InChI is InChI=1S/C59H38F6N2S/c1-57(2)49-34-46-44-28-26-38(66(36-16-5-3-6-17-36)50-31-29-47(58(60,61)62)40-21-11-13-23-42(40)50)33-52(44)68-56(46)55(53(49)45-27-25-35-15-9-10-20-39(35)54(45)57)67(37-18-7-4-8-19-37)51-32-30-48(59(63,64)65)41-22-12-14-24-43(41)51/h3-34H,1-2H3. The molecule has 11 aromatic rings. The van der Waals surface area contributed by atoms with Gasteiger partial charge in [0.15, 0.2) is 0 Å². The first-order valence-electron chi connectivity index (χ1n) is 22.2. The Kier molecular flexibility index (Phi) is 9.34. The Balaban J connectivity index is 1.18. The molecule has 0 aliphatic heterocycles. The highest BCUT2D eigenvalue weighted by atomic mass is 32.1. The molecule has 0 unspecified atom stereocenters. The Labute approximate surface area is 391 Å².